The Bertz CT molecular complexity index is 400. The molecule has 126 valence electrons. The van der Waals surface area contributed by atoms with Crippen LogP contribution in [0.1, 0.15) is 66.2 Å². The van der Waals surface area contributed by atoms with Gasteiger partial charge >= 0.3 is 0 Å². The molecule has 1 saturated heterocycles. The smallest absolute Gasteiger partial charge is 0.228 e. The van der Waals surface area contributed by atoms with E-state index in [2.05, 4.69) is 32.6 Å². The summed E-state index contributed by atoms with van der Waals surface area (Å²) in [5, 5.41) is 0. The Kier molecular flexibility index (Phi) is 5.87. The number of amides is 2. The summed E-state index contributed by atoms with van der Waals surface area (Å²) in [6.07, 6.45) is 5.70. The molecule has 0 spiro atoms. The largest absolute Gasteiger partial charge is 0.339 e. The van der Waals surface area contributed by atoms with Crippen LogP contribution in [0.4, 0.5) is 0 Å². The second-order valence-electron chi connectivity index (χ2n) is 7.36. The van der Waals surface area contributed by atoms with E-state index in [1.807, 2.05) is 4.90 Å². The SMILES string of the molecule is CCC(CC)N1CC(C(=O)N(CCC(C)C)C2CC2)CC1=O. The predicted molar refractivity (Wildman–Crippen MR) is 88.4 cm³/mol. The van der Waals surface area contributed by atoms with E-state index in [1.165, 1.54) is 0 Å². The molecule has 1 aliphatic heterocycles. The van der Waals surface area contributed by atoms with Crippen LogP contribution in [0.15, 0.2) is 0 Å². The van der Waals surface area contributed by atoms with E-state index in [4.69, 9.17) is 0 Å². The first-order valence-electron chi connectivity index (χ1n) is 9.07. The number of carbonyl (C=O) groups excluding carboxylic acids is 2. The molecule has 0 N–H and O–H groups in total. The quantitative estimate of drug-likeness (QED) is 0.691. The third kappa shape index (κ3) is 4.02. The number of likely N-dealkylation sites (tertiary alicyclic amines) is 1. The molecule has 2 fully saturated rings. The molecule has 2 amide bonds. The molecule has 0 radical (unpaired) electrons. The number of rotatable bonds is 8. The zero-order valence-corrected chi connectivity index (χ0v) is 14.7. The molecule has 0 aromatic rings. The first-order chi connectivity index (χ1) is 10.5. The normalized spacial score (nSPS) is 22.0. The first-order valence-corrected chi connectivity index (χ1v) is 9.07. The maximum Gasteiger partial charge on any atom is 0.228 e. The molecule has 22 heavy (non-hydrogen) atoms. The number of hydrogen-bond donors (Lipinski definition) is 0. The molecule has 1 aliphatic carbocycles. The monoisotopic (exact) mass is 308 g/mol. The van der Waals surface area contributed by atoms with Gasteiger partial charge in [-0.05, 0) is 38.0 Å². The summed E-state index contributed by atoms with van der Waals surface area (Å²) in [5.41, 5.74) is 0. The van der Waals surface area contributed by atoms with Crippen LogP contribution in [0, 0.1) is 11.8 Å². The van der Waals surface area contributed by atoms with Crippen LogP contribution in [0.5, 0.6) is 0 Å². The number of carbonyl (C=O) groups is 2. The second kappa shape index (κ2) is 7.47. The van der Waals surface area contributed by atoms with Crippen LogP contribution in [-0.4, -0.2) is 46.8 Å². The third-order valence-electron chi connectivity index (χ3n) is 5.11. The van der Waals surface area contributed by atoms with Crippen LogP contribution in [0.3, 0.4) is 0 Å². The lowest BCUT2D eigenvalue weighted by Crippen LogP contribution is -2.41. The Morgan fingerprint density at radius 3 is 2.41 bits per heavy atom. The van der Waals surface area contributed by atoms with E-state index >= 15 is 0 Å². The Labute approximate surface area is 135 Å². The summed E-state index contributed by atoms with van der Waals surface area (Å²) in [5.74, 6) is 0.901. The van der Waals surface area contributed by atoms with Crippen LogP contribution < -0.4 is 0 Å². The van der Waals surface area contributed by atoms with Gasteiger partial charge < -0.3 is 9.80 Å². The molecule has 4 nitrogen and oxygen atoms in total. The van der Waals surface area contributed by atoms with Gasteiger partial charge in [-0.25, -0.2) is 0 Å². The van der Waals surface area contributed by atoms with Crippen molar-refractivity contribution in [3.05, 3.63) is 0 Å². The summed E-state index contributed by atoms with van der Waals surface area (Å²) in [6, 6.07) is 0.749. The highest BCUT2D eigenvalue weighted by Gasteiger charge is 2.41. The van der Waals surface area contributed by atoms with Gasteiger partial charge in [0, 0.05) is 31.6 Å². The first kappa shape index (κ1) is 17.3. The van der Waals surface area contributed by atoms with Crippen molar-refractivity contribution in [2.75, 3.05) is 13.1 Å². The van der Waals surface area contributed by atoms with Crippen molar-refractivity contribution < 1.29 is 9.59 Å². The maximum atomic E-state index is 12.9. The van der Waals surface area contributed by atoms with Gasteiger partial charge in [0.15, 0.2) is 0 Å². The highest BCUT2D eigenvalue weighted by atomic mass is 16.2. The maximum absolute atomic E-state index is 12.9. The van der Waals surface area contributed by atoms with E-state index in [0.29, 0.717) is 31.0 Å². The van der Waals surface area contributed by atoms with Gasteiger partial charge in [-0.1, -0.05) is 27.7 Å². The Morgan fingerprint density at radius 2 is 1.91 bits per heavy atom. The van der Waals surface area contributed by atoms with Crippen molar-refractivity contribution in [3.8, 4) is 0 Å². The average molecular weight is 308 g/mol. The number of hydrogen-bond acceptors (Lipinski definition) is 2. The molecular weight excluding hydrogens is 276 g/mol. The summed E-state index contributed by atoms with van der Waals surface area (Å²) < 4.78 is 0. The van der Waals surface area contributed by atoms with Gasteiger partial charge in [0.1, 0.15) is 0 Å². The zero-order valence-electron chi connectivity index (χ0n) is 14.7. The average Bonchev–Trinajstić information content (AvgIpc) is 3.24. The lowest BCUT2D eigenvalue weighted by Gasteiger charge is -2.28. The fourth-order valence-electron chi connectivity index (χ4n) is 3.47. The van der Waals surface area contributed by atoms with E-state index < -0.39 is 0 Å². The van der Waals surface area contributed by atoms with Crippen LogP contribution in [0.25, 0.3) is 0 Å². The van der Waals surface area contributed by atoms with E-state index in [9.17, 15) is 9.59 Å². The topological polar surface area (TPSA) is 40.6 Å². The summed E-state index contributed by atoms with van der Waals surface area (Å²) in [4.78, 5) is 29.2. The van der Waals surface area contributed by atoms with Crippen LogP contribution in [-0.2, 0) is 9.59 Å². The van der Waals surface area contributed by atoms with E-state index in [0.717, 1.165) is 38.6 Å². The Hall–Kier alpha value is -1.06. The minimum atomic E-state index is -0.110. The van der Waals surface area contributed by atoms with Gasteiger partial charge in [0.2, 0.25) is 11.8 Å². The van der Waals surface area contributed by atoms with E-state index in [-0.39, 0.29) is 17.7 Å². The molecule has 0 aromatic heterocycles. The standard InChI is InChI=1S/C18H32N2O2/c1-5-15(6-2)20-12-14(11-17(20)21)18(22)19(16-7-8-16)10-9-13(3)4/h13-16H,5-12H2,1-4H3. The molecule has 2 rings (SSSR count). The fraction of sp³-hybridized carbons (Fsp3) is 0.889. The Morgan fingerprint density at radius 1 is 1.27 bits per heavy atom. The molecular formula is C18H32N2O2. The molecule has 1 heterocycles. The summed E-state index contributed by atoms with van der Waals surface area (Å²) in [6.45, 7) is 10.1. The van der Waals surface area contributed by atoms with Gasteiger partial charge in [-0.3, -0.25) is 9.59 Å². The second-order valence-corrected chi connectivity index (χ2v) is 7.36. The summed E-state index contributed by atoms with van der Waals surface area (Å²) in [7, 11) is 0. The van der Waals surface area contributed by atoms with Gasteiger partial charge in [0.05, 0.1) is 5.92 Å². The van der Waals surface area contributed by atoms with E-state index in [1.54, 1.807) is 0 Å². The molecule has 1 unspecified atom stereocenters. The van der Waals surface area contributed by atoms with Crippen molar-refractivity contribution in [1.29, 1.82) is 0 Å². The highest BCUT2D eigenvalue weighted by molar-refractivity contribution is 5.89. The lowest BCUT2D eigenvalue weighted by atomic mass is 10.1. The summed E-state index contributed by atoms with van der Waals surface area (Å²) >= 11 is 0. The minimum Gasteiger partial charge on any atom is -0.339 e. The molecule has 4 heteroatoms. The molecule has 0 bridgehead atoms. The van der Waals surface area contributed by atoms with Crippen LogP contribution in [0.2, 0.25) is 0 Å². The zero-order chi connectivity index (χ0) is 16.3. The third-order valence-corrected chi connectivity index (χ3v) is 5.11. The van der Waals surface area contributed by atoms with Gasteiger partial charge in [-0.15, -0.1) is 0 Å². The lowest BCUT2D eigenvalue weighted by molar-refractivity contribution is -0.136. The van der Waals surface area contributed by atoms with Crippen molar-refractivity contribution in [3.63, 3.8) is 0 Å². The van der Waals surface area contributed by atoms with Gasteiger partial charge in [-0.2, -0.15) is 0 Å². The Balaban J connectivity index is 1.97. The fourth-order valence-corrected chi connectivity index (χ4v) is 3.47. The van der Waals surface area contributed by atoms with Crippen molar-refractivity contribution in [1.82, 2.24) is 9.80 Å². The predicted octanol–water partition coefficient (Wildman–Crippen LogP) is 3.06. The van der Waals surface area contributed by atoms with Crippen molar-refractivity contribution in [2.45, 2.75) is 78.3 Å². The molecule has 0 aromatic carbocycles. The molecule has 1 atom stereocenters. The van der Waals surface area contributed by atoms with Gasteiger partial charge in [0.25, 0.3) is 0 Å². The highest BCUT2D eigenvalue weighted by Crippen LogP contribution is 2.32. The number of nitrogens with zero attached hydrogens (tertiary/aromatic N) is 2. The molecule has 2 aliphatic rings. The van der Waals surface area contributed by atoms with Crippen LogP contribution >= 0.6 is 0 Å². The minimum absolute atomic E-state index is 0.110. The van der Waals surface area contributed by atoms with Crippen molar-refractivity contribution in [2.24, 2.45) is 11.8 Å². The molecule has 1 saturated carbocycles. The van der Waals surface area contributed by atoms with Crippen molar-refractivity contribution >= 4 is 11.8 Å².